The fourth-order valence-corrected chi connectivity index (χ4v) is 12.1. The standard InChI is InChI=1S/4C18H16F6N4O2/c4*1-8(10-3-5-11(6-4-10)17(19,20)21)28-15-14(16(30)26-9(2)25-15)12(27-28)7-13(29)18(22,23)24/h4*3-6,8,13,29H,7H2,1-2H3,(H,25,26,30)/t2*8-,13+;2*8-,13-/m1010/s1. The van der Waals surface area contributed by atoms with E-state index in [4.69, 9.17) is 0 Å². The molecule has 0 aliphatic heterocycles. The molecule has 12 rings (SSSR count). The molecular formula is C72H64F24N16O8. The van der Waals surface area contributed by atoms with Crippen molar-refractivity contribution in [2.24, 2.45) is 0 Å². The van der Waals surface area contributed by atoms with Crippen LogP contribution in [0.2, 0.25) is 0 Å². The maximum Gasteiger partial charge on any atom is 0.416 e. The monoisotopic (exact) mass is 1740 g/mol. The van der Waals surface area contributed by atoms with E-state index in [9.17, 15) is 145 Å². The van der Waals surface area contributed by atoms with Gasteiger partial charge in [-0.3, -0.25) is 19.2 Å². The Balaban J connectivity index is 0.000000182. The van der Waals surface area contributed by atoms with Crippen molar-refractivity contribution >= 4 is 44.1 Å². The summed E-state index contributed by atoms with van der Waals surface area (Å²) in [6, 6.07) is 13.7. The highest BCUT2D eigenvalue weighted by molar-refractivity contribution is 5.80. The Hall–Kier alpha value is -11.6. The van der Waals surface area contributed by atoms with E-state index in [1.165, 1.54) is 95.0 Å². The number of rotatable bonds is 16. The molecule has 0 saturated heterocycles. The van der Waals surface area contributed by atoms with E-state index < -0.39 is 168 Å². The number of benzene rings is 4. The van der Waals surface area contributed by atoms with E-state index >= 15 is 0 Å². The van der Waals surface area contributed by atoms with Crippen LogP contribution in [0.4, 0.5) is 105 Å². The van der Waals surface area contributed by atoms with Gasteiger partial charge in [0.05, 0.1) is 69.2 Å². The van der Waals surface area contributed by atoms with Crippen LogP contribution in [0.15, 0.2) is 116 Å². The minimum atomic E-state index is -4.92. The van der Waals surface area contributed by atoms with Crippen LogP contribution in [-0.2, 0) is 50.4 Å². The highest BCUT2D eigenvalue weighted by Gasteiger charge is 2.44. The van der Waals surface area contributed by atoms with Crippen LogP contribution in [0.25, 0.3) is 44.1 Å². The first-order valence-corrected chi connectivity index (χ1v) is 34.7. The molecule has 8 atom stereocenters. The number of aromatic amines is 4. The summed E-state index contributed by atoms with van der Waals surface area (Å²) in [5.74, 6) is 0.708. The number of H-pyrrole nitrogens is 4. The van der Waals surface area contributed by atoms with E-state index in [0.717, 1.165) is 48.5 Å². The van der Waals surface area contributed by atoms with Crippen LogP contribution >= 0.6 is 0 Å². The Morgan fingerprint density at radius 1 is 0.283 bits per heavy atom. The Morgan fingerprint density at radius 3 is 0.567 bits per heavy atom. The number of aromatic nitrogens is 16. The fraction of sp³-hybridized carbons (Fsp3) is 0.389. The first-order valence-electron chi connectivity index (χ1n) is 34.7. The number of halogens is 24. The van der Waals surface area contributed by atoms with Crippen LogP contribution in [0.3, 0.4) is 0 Å². The zero-order valence-electron chi connectivity index (χ0n) is 62.5. The van der Waals surface area contributed by atoms with Crippen molar-refractivity contribution < 1.29 is 126 Å². The first-order chi connectivity index (χ1) is 55.1. The number of alkyl halides is 24. The van der Waals surface area contributed by atoms with Crippen LogP contribution in [0.1, 0.15) is 142 Å². The largest absolute Gasteiger partial charge is 0.416 e. The van der Waals surface area contributed by atoms with E-state index in [2.05, 4.69) is 60.3 Å². The number of nitrogens with zero attached hydrogens (tertiary/aromatic N) is 12. The molecule has 120 heavy (non-hydrogen) atoms. The molecule has 48 heteroatoms. The van der Waals surface area contributed by atoms with Gasteiger partial charge in [-0.25, -0.2) is 38.7 Å². The molecule has 24 nitrogen and oxygen atoms in total. The molecule has 648 valence electrons. The zero-order valence-corrected chi connectivity index (χ0v) is 62.5. The van der Waals surface area contributed by atoms with Crippen molar-refractivity contribution in [3.05, 3.63) is 229 Å². The number of fused-ring (bicyclic) bond motifs is 4. The van der Waals surface area contributed by atoms with Gasteiger partial charge in [0.2, 0.25) is 0 Å². The molecular weight excluding hydrogens is 1670 g/mol. The number of aryl methyl sites for hydroxylation is 4. The average Bonchev–Trinajstić information content (AvgIpc) is 1.63. The minimum absolute atomic E-state index is 0.0342. The molecule has 0 aliphatic rings. The summed E-state index contributed by atoms with van der Waals surface area (Å²) in [7, 11) is 0. The highest BCUT2D eigenvalue weighted by Crippen LogP contribution is 2.38. The predicted molar refractivity (Wildman–Crippen MR) is 376 cm³/mol. The smallest absolute Gasteiger partial charge is 0.383 e. The molecule has 8 heterocycles. The van der Waals surface area contributed by atoms with Gasteiger partial charge in [0.25, 0.3) is 22.2 Å². The zero-order chi connectivity index (χ0) is 89.7. The summed E-state index contributed by atoms with van der Waals surface area (Å²) < 4.78 is 311. The Labute approximate surface area is 655 Å². The molecule has 8 aromatic heterocycles. The van der Waals surface area contributed by atoms with E-state index in [1.54, 1.807) is 27.7 Å². The van der Waals surface area contributed by atoms with Gasteiger partial charge in [-0.1, -0.05) is 48.5 Å². The Morgan fingerprint density at radius 2 is 0.433 bits per heavy atom. The quantitative estimate of drug-likeness (QED) is 0.0417. The van der Waals surface area contributed by atoms with Gasteiger partial charge < -0.3 is 40.4 Å². The lowest BCUT2D eigenvalue weighted by Crippen LogP contribution is -2.31. The number of nitrogens with one attached hydrogen (secondary N) is 4. The molecule has 0 amide bonds. The molecule has 0 fully saturated rings. The lowest BCUT2D eigenvalue weighted by molar-refractivity contribution is -0.203. The number of hydrogen-bond acceptors (Lipinski definition) is 16. The summed E-state index contributed by atoms with van der Waals surface area (Å²) in [6.07, 6.45) is -52.6. The molecule has 0 spiro atoms. The van der Waals surface area contributed by atoms with E-state index in [-0.39, 0.29) is 90.2 Å². The molecule has 8 N–H and O–H groups in total. The van der Waals surface area contributed by atoms with Gasteiger partial charge in [-0.05, 0) is 126 Å². The molecule has 0 saturated carbocycles. The minimum Gasteiger partial charge on any atom is -0.383 e. The SMILES string of the molecule is Cc1nc2c(c(C[C@@H](O)C(F)(F)F)nn2[C@@H](C)c2ccc(C(F)(F)F)cc2)c(=O)[nH]1.Cc1nc2c(c(C[C@@H](O)C(F)(F)F)nn2[C@H](C)c2ccc(C(F)(F)F)cc2)c(=O)[nH]1.Cc1nc2c(c(C[C@H](O)C(F)(F)F)nn2[C@@H](C)c2ccc(C(F)(F)F)cc2)c(=O)[nH]1.Cc1nc2c(c(C[C@H](O)C(F)(F)F)nn2[C@H](C)c2ccc(C(F)(F)F)cc2)c(=O)[nH]1. The third kappa shape index (κ3) is 21.2. The summed E-state index contributed by atoms with van der Waals surface area (Å²) in [5, 5.41) is 52.9. The fourth-order valence-electron chi connectivity index (χ4n) is 12.1. The first kappa shape index (κ1) is 92.3. The lowest BCUT2D eigenvalue weighted by Gasteiger charge is -2.15. The molecule has 12 aromatic rings. The van der Waals surface area contributed by atoms with Crippen LogP contribution < -0.4 is 22.2 Å². The third-order valence-corrected chi connectivity index (χ3v) is 18.4. The summed E-state index contributed by atoms with van der Waals surface area (Å²) in [6.45, 7) is 12.1. The summed E-state index contributed by atoms with van der Waals surface area (Å²) in [5.41, 5.74) is -6.27. The number of aliphatic hydroxyl groups excluding tert-OH is 4. The average molecular weight is 1740 g/mol. The van der Waals surface area contributed by atoms with E-state index in [0.29, 0.717) is 22.3 Å². The van der Waals surface area contributed by atoms with Crippen molar-refractivity contribution in [2.45, 2.75) is 179 Å². The van der Waals surface area contributed by atoms with Crippen molar-refractivity contribution in [2.75, 3.05) is 0 Å². The Bertz CT molecular complexity index is 5180. The van der Waals surface area contributed by atoms with Gasteiger partial charge in [-0.15, -0.1) is 0 Å². The second-order valence-corrected chi connectivity index (χ2v) is 27.2. The maximum absolute atomic E-state index is 12.8. The second kappa shape index (κ2) is 34.3. The van der Waals surface area contributed by atoms with Crippen LogP contribution in [0, 0.1) is 27.7 Å². The molecule has 0 aliphatic carbocycles. The molecule has 4 aromatic carbocycles. The van der Waals surface area contributed by atoms with Crippen molar-refractivity contribution in [3.63, 3.8) is 0 Å². The van der Waals surface area contributed by atoms with Gasteiger partial charge in [0, 0.05) is 25.7 Å². The van der Waals surface area contributed by atoms with Crippen molar-refractivity contribution in [1.29, 1.82) is 0 Å². The lowest BCUT2D eigenvalue weighted by atomic mass is 10.1. The molecule has 0 unspecified atom stereocenters. The van der Waals surface area contributed by atoms with E-state index in [1.807, 2.05) is 0 Å². The number of aliphatic hydroxyl groups is 4. The predicted octanol–water partition coefficient (Wildman–Crippen LogP) is 14.1. The maximum atomic E-state index is 12.8. The summed E-state index contributed by atoms with van der Waals surface area (Å²) >= 11 is 0. The summed E-state index contributed by atoms with van der Waals surface area (Å²) in [4.78, 5) is 75.4. The van der Waals surface area contributed by atoms with Gasteiger partial charge in [-0.2, -0.15) is 126 Å². The molecule has 0 radical (unpaired) electrons. The Kier molecular flexibility index (Phi) is 26.4. The van der Waals surface area contributed by atoms with Crippen molar-refractivity contribution in [3.8, 4) is 0 Å². The van der Waals surface area contributed by atoms with Gasteiger partial charge in [0.15, 0.2) is 47.0 Å². The normalized spacial score (nSPS) is 14.8. The topological polar surface area (TPSA) is 335 Å². The highest BCUT2D eigenvalue weighted by atomic mass is 19.4. The molecule has 0 bridgehead atoms. The third-order valence-electron chi connectivity index (χ3n) is 18.4. The van der Waals surface area contributed by atoms with Gasteiger partial charge in [0.1, 0.15) is 44.8 Å². The second-order valence-electron chi connectivity index (χ2n) is 27.2. The van der Waals surface area contributed by atoms with Crippen molar-refractivity contribution in [1.82, 2.24) is 79.0 Å². The van der Waals surface area contributed by atoms with Crippen LogP contribution in [-0.4, -0.2) is 149 Å². The van der Waals surface area contributed by atoms with Gasteiger partial charge >= 0.3 is 49.4 Å². The number of hydrogen-bond donors (Lipinski definition) is 8. The van der Waals surface area contributed by atoms with Crippen LogP contribution in [0.5, 0.6) is 0 Å².